The summed E-state index contributed by atoms with van der Waals surface area (Å²) in [6, 6.07) is 8.59. The number of fused-ring (bicyclic) bond motifs is 1. The van der Waals surface area contributed by atoms with Gasteiger partial charge in [0.1, 0.15) is 5.60 Å². The Balaban J connectivity index is 1.96. The van der Waals surface area contributed by atoms with E-state index in [0.29, 0.717) is 6.04 Å². The Morgan fingerprint density at radius 1 is 1.20 bits per heavy atom. The Morgan fingerprint density at radius 2 is 1.92 bits per heavy atom. The Bertz CT molecular complexity index is 792. The molecule has 0 amide bonds. The number of carbonyl (C=O) groups excluding carboxylic acids is 1. The van der Waals surface area contributed by atoms with Crippen molar-refractivity contribution in [2.45, 2.75) is 64.5 Å². The highest BCUT2D eigenvalue weighted by molar-refractivity contribution is 6.31. The summed E-state index contributed by atoms with van der Waals surface area (Å²) in [5, 5.41) is 1.85. The van der Waals surface area contributed by atoms with Crippen molar-refractivity contribution in [2.75, 3.05) is 0 Å². The summed E-state index contributed by atoms with van der Waals surface area (Å²) in [7, 11) is 0. The summed E-state index contributed by atoms with van der Waals surface area (Å²) in [5.41, 5.74) is 1.74. The molecule has 4 heteroatoms. The molecule has 3 rings (SSSR count). The fourth-order valence-corrected chi connectivity index (χ4v) is 3.77. The number of nitrogens with zero attached hydrogens (tertiary/aromatic N) is 1. The third-order valence-corrected chi connectivity index (χ3v) is 4.80. The van der Waals surface area contributed by atoms with Gasteiger partial charge in [-0.1, -0.05) is 30.9 Å². The first kappa shape index (κ1) is 18.1. The number of ether oxygens (including phenoxy) is 1. The second kappa shape index (κ2) is 7.25. The van der Waals surface area contributed by atoms with Gasteiger partial charge in [-0.3, -0.25) is 0 Å². The summed E-state index contributed by atoms with van der Waals surface area (Å²) in [4.78, 5) is 12.0. The second-order valence-electron chi connectivity index (χ2n) is 7.80. The fraction of sp³-hybridized carbons (Fsp3) is 0.476. The van der Waals surface area contributed by atoms with E-state index < -0.39 is 5.60 Å². The molecule has 0 atom stereocenters. The van der Waals surface area contributed by atoms with Gasteiger partial charge >= 0.3 is 5.97 Å². The predicted molar refractivity (Wildman–Crippen MR) is 104 cm³/mol. The number of aromatic nitrogens is 1. The van der Waals surface area contributed by atoms with Crippen LogP contribution in [0.25, 0.3) is 17.0 Å². The highest BCUT2D eigenvalue weighted by Gasteiger charge is 2.20. The van der Waals surface area contributed by atoms with E-state index >= 15 is 0 Å². The first-order chi connectivity index (χ1) is 11.8. The largest absolute Gasteiger partial charge is 0.457 e. The van der Waals surface area contributed by atoms with Crippen molar-refractivity contribution in [3.63, 3.8) is 0 Å². The number of halogens is 1. The van der Waals surface area contributed by atoms with Gasteiger partial charge in [-0.15, -0.1) is 0 Å². The molecule has 25 heavy (non-hydrogen) atoms. The van der Waals surface area contributed by atoms with E-state index in [9.17, 15) is 4.79 Å². The Labute approximate surface area is 154 Å². The zero-order valence-corrected chi connectivity index (χ0v) is 16.0. The lowest BCUT2D eigenvalue weighted by molar-refractivity contribution is -0.148. The average Bonchev–Trinajstić information content (AvgIpc) is 2.89. The molecule has 0 unspecified atom stereocenters. The molecule has 0 bridgehead atoms. The molecule has 1 aromatic carbocycles. The van der Waals surface area contributed by atoms with Gasteiger partial charge in [0, 0.05) is 33.7 Å². The van der Waals surface area contributed by atoms with Gasteiger partial charge in [-0.05, 0) is 64.0 Å². The molecule has 1 heterocycles. The van der Waals surface area contributed by atoms with E-state index in [1.54, 1.807) is 0 Å². The van der Waals surface area contributed by atoms with Gasteiger partial charge in [0.15, 0.2) is 0 Å². The van der Waals surface area contributed by atoms with Crippen molar-refractivity contribution < 1.29 is 9.53 Å². The van der Waals surface area contributed by atoms with Crippen LogP contribution in [-0.2, 0) is 9.53 Å². The Kier molecular flexibility index (Phi) is 5.24. The molecule has 1 aliphatic carbocycles. The van der Waals surface area contributed by atoms with Crippen LogP contribution in [0.15, 0.2) is 30.3 Å². The maximum Gasteiger partial charge on any atom is 0.331 e. The number of esters is 1. The minimum Gasteiger partial charge on any atom is -0.457 e. The lowest BCUT2D eigenvalue weighted by Crippen LogP contribution is -2.22. The quantitative estimate of drug-likeness (QED) is 0.485. The number of hydrogen-bond donors (Lipinski definition) is 0. The van der Waals surface area contributed by atoms with Crippen molar-refractivity contribution in [1.82, 2.24) is 4.57 Å². The minimum absolute atomic E-state index is 0.314. The number of carbonyl (C=O) groups is 1. The molecule has 0 radical (unpaired) electrons. The van der Waals surface area contributed by atoms with Crippen LogP contribution in [0.3, 0.4) is 0 Å². The zero-order valence-electron chi connectivity index (χ0n) is 15.2. The standard InChI is InChI=1S/C21H26ClNO2/c1-21(2,3)25-20(24)12-10-18-14-15-13-16(22)9-11-19(15)23(18)17-7-5-4-6-8-17/h9-14,17H,4-8H2,1-3H3/b12-10+. The second-order valence-corrected chi connectivity index (χ2v) is 8.24. The van der Waals surface area contributed by atoms with Crippen LogP contribution < -0.4 is 0 Å². The number of benzene rings is 1. The molecule has 1 aliphatic rings. The zero-order chi connectivity index (χ0) is 18.0. The SMILES string of the molecule is CC(C)(C)OC(=O)/C=C/c1cc2cc(Cl)ccc2n1C1CCCCC1. The van der Waals surface area contributed by atoms with Crippen LogP contribution in [0.5, 0.6) is 0 Å². The average molecular weight is 360 g/mol. The summed E-state index contributed by atoms with van der Waals surface area (Å²) in [6.45, 7) is 5.62. The van der Waals surface area contributed by atoms with Gasteiger partial charge in [0.2, 0.25) is 0 Å². The first-order valence-corrected chi connectivity index (χ1v) is 9.43. The molecule has 3 nitrogen and oxygen atoms in total. The van der Waals surface area contributed by atoms with Gasteiger partial charge in [0.25, 0.3) is 0 Å². The van der Waals surface area contributed by atoms with Gasteiger partial charge in [0.05, 0.1) is 0 Å². The number of rotatable bonds is 3. The van der Waals surface area contributed by atoms with E-state index in [-0.39, 0.29) is 5.97 Å². The Morgan fingerprint density at radius 3 is 2.60 bits per heavy atom. The van der Waals surface area contributed by atoms with Crippen LogP contribution in [0.1, 0.15) is 64.6 Å². The number of hydrogen-bond acceptors (Lipinski definition) is 2. The van der Waals surface area contributed by atoms with Crippen LogP contribution in [0.4, 0.5) is 0 Å². The molecule has 0 aliphatic heterocycles. The summed E-state index contributed by atoms with van der Waals surface area (Å²) in [5.74, 6) is -0.314. The molecule has 0 saturated heterocycles. The van der Waals surface area contributed by atoms with Crippen LogP contribution in [-0.4, -0.2) is 16.1 Å². The van der Waals surface area contributed by atoms with Crippen molar-refractivity contribution >= 4 is 34.5 Å². The molecular weight excluding hydrogens is 334 g/mol. The molecule has 0 N–H and O–H groups in total. The fourth-order valence-electron chi connectivity index (χ4n) is 3.59. The molecule has 134 valence electrons. The Hall–Kier alpha value is -1.74. The van der Waals surface area contributed by atoms with E-state index in [1.165, 1.54) is 43.7 Å². The summed E-state index contributed by atoms with van der Waals surface area (Å²) >= 11 is 6.16. The maximum atomic E-state index is 12.0. The van der Waals surface area contributed by atoms with Gasteiger partial charge in [-0.25, -0.2) is 4.79 Å². The van der Waals surface area contributed by atoms with E-state index in [4.69, 9.17) is 16.3 Å². The maximum absolute atomic E-state index is 12.0. The van der Waals surface area contributed by atoms with Crippen LogP contribution in [0, 0.1) is 0 Å². The van der Waals surface area contributed by atoms with Crippen molar-refractivity contribution in [2.24, 2.45) is 0 Å². The molecule has 1 fully saturated rings. The van der Waals surface area contributed by atoms with Crippen LogP contribution in [0.2, 0.25) is 5.02 Å². The normalized spacial score (nSPS) is 16.6. The molecule has 1 aromatic heterocycles. The lowest BCUT2D eigenvalue weighted by Gasteiger charge is -2.26. The molecule has 0 spiro atoms. The van der Waals surface area contributed by atoms with Gasteiger partial charge in [-0.2, -0.15) is 0 Å². The lowest BCUT2D eigenvalue weighted by atomic mass is 9.95. The molecular formula is C21H26ClNO2. The van der Waals surface area contributed by atoms with Gasteiger partial charge < -0.3 is 9.30 Å². The monoisotopic (exact) mass is 359 g/mol. The van der Waals surface area contributed by atoms with E-state index in [2.05, 4.69) is 16.7 Å². The smallest absolute Gasteiger partial charge is 0.331 e. The highest BCUT2D eigenvalue weighted by atomic mass is 35.5. The minimum atomic E-state index is -0.481. The van der Waals surface area contributed by atoms with E-state index in [0.717, 1.165) is 16.1 Å². The van der Waals surface area contributed by atoms with Crippen LogP contribution >= 0.6 is 11.6 Å². The third-order valence-electron chi connectivity index (χ3n) is 4.57. The van der Waals surface area contributed by atoms with Crippen molar-refractivity contribution in [3.8, 4) is 0 Å². The highest BCUT2D eigenvalue weighted by Crippen LogP contribution is 2.35. The summed E-state index contributed by atoms with van der Waals surface area (Å²) < 4.78 is 7.75. The summed E-state index contributed by atoms with van der Waals surface area (Å²) in [6.07, 6.45) is 9.58. The molecule has 1 saturated carbocycles. The van der Waals surface area contributed by atoms with E-state index in [1.807, 2.05) is 39.0 Å². The molecule has 2 aromatic rings. The van der Waals surface area contributed by atoms with Crippen molar-refractivity contribution in [3.05, 3.63) is 41.1 Å². The third kappa shape index (κ3) is 4.46. The van der Waals surface area contributed by atoms with Crippen molar-refractivity contribution in [1.29, 1.82) is 0 Å². The predicted octanol–water partition coefficient (Wildman–Crippen LogP) is 6.15. The topological polar surface area (TPSA) is 31.2 Å². The first-order valence-electron chi connectivity index (χ1n) is 9.05.